The van der Waals surface area contributed by atoms with E-state index in [0.29, 0.717) is 41.9 Å². The number of anilines is 1. The summed E-state index contributed by atoms with van der Waals surface area (Å²) in [6.45, 7) is 2.22. The Morgan fingerprint density at radius 3 is 2.84 bits per heavy atom. The van der Waals surface area contributed by atoms with Crippen molar-refractivity contribution in [3.63, 3.8) is 0 Å². The zero-order valence-corrected chi connectivity index (χ0v) is 17.4. The molecule has 1 saturated carbocycles. The fourth-order valence-electron chi connectivity index (χ4n) is 3.99. The van der Waals surface area contributed by atoms with E-state index < -0.39 is 0 Å². The van der Waals surface area contributed by atoms with Gasteiger partial charge in [-0.15, -0.1) is 0 Å². The number of nitrogens with one attached hydrogen (secondary N) is 1. The second kappa shape index (κ2) is 8.56. The van der Waals surface area contributed by atoms with Crippen LogP contribution in [0.4, 0.5) is 5.82 Å². The van der Waals surface area contributed by atoms with Crippen LogP contribution in [0.2, 0.25) is 0 Å². The van der Waals surface area contributed by atoms with Crippen molar-refractivity contribution in [1.82, 2.24) is 15.0 Å². The van der Waals surface area contributed by atoms with Gasteiger partial charge >= 0.3 is 6.01 Å². The number of hydrogen-bond acceptors (Lipinski definition) is 7. The van der Waals surface area contributed by atoms with E-state index in [-0.39, 0.29) is 23.2 Å². The number of ether oxygens (including phenoxy) is 2. The number of amides is 1. The number of carbonyl (C=O) groups excluding carboxylic acids is 1. The Kier molecular flexibility index (Phi) is 5.67. The van der Waals surface area contributed by atoms with E-state index in [4.69, 9.17) is 14.7 Å². The van der Waals surface area contributed by atoms with Crippen molar-refractivity contribution < 1.29 is 14.3 Å². The molecule has 2 heterocycles. The summed E-state index contributed by atoms with van der Waals surface area (Å²) in [7, 11) is 1.52. The van der Waals surface area contributed by atoms with Crippen molar-refractivity contribution in [1.29, 1.82) is 5.26 Å². The average molecular weight is 417 g/mol. The summed E-state index contributed by atoms with van der Waals surface area (Å²) in [4.78, 5) is 25.5. The van der Waals surface area contributed by atoms with E-state index in [9.17, 15) is 4.79 Å². The van der Waals surface area contributed by atoms with Crippen LogP contribution in [0.3, 0.4) is 0 Å². The lowest BCUT2D eigenvalue weighted by Gasteiger charge is -2.26. The van der Waals surface area contributed by atoms with Gasteiger partial charge in [0.2, 0.25) is 5.91 Å². The maximum atomic E-state index is 13.0. The molecule has 4 rings (SSSR count). The van der Waals surface area contributed by atoms with Crippen molar-refractivity contribution in [2.24, 2.45) is 17.3 Å². The Hall–Kier alpha value is -3.73. The fraction of sp³-hybridized carbons (Fsp3) is 0.348. The summed E-state index contributed by atoms with van der Waals surface area (Å²) in [5, 5.41) is 11.8. The van der Waals surface area contributed by atoms with E-state index in [1.54, 1.807) is 18.3 Å². The third-order valence-corrected chi connectivity index (χ3v) is 5.89. The van der Waals surface area contributed by atoms with Crippen LogP contribution in [-0.2, 0) is 4.79 Å². The highest BCUT2D eigenvalue weighted by atomic mass is 16.5. The van der Waals surface area contributed by atoms with Crippen molar-refractivity contribution in [3.05, 3.63) is 60.1 Å². The van der Waals surface area contributed by atoms with Gasteiger partial charge in [-0.1, -0.05) is 24.3 Å². The molecule has 8 heteroatoms. The first-order valence-corrected chi connectivity index (χ1v) is 10.1. The number of nitriles is 1. The second-order valence-corrected chi connectivity index (χ2v) is 7.77. The quantitative estimate of drug-likeness (QED) is 0.736. The van der Waals surface area contributed by atoms with Gasteiger partial charge < -0.3 is 14.8 Å². The lowest BCUT2D eigenvalue weighted by molar-refractivity contribution is -0.118. The minimum atomic E-state index is -0.315. The number of aromatic nitrogens is 3. The lowest BCUT2D eigenvalue weighted by atomic mass is 9.82. The summed E-state index contributed by atoms with van der Waals surface area (Å²) in [6.07, 6.45) is 12.9. The highest BCUT2D eigenvalue weighted by Crippen LogP contribution is 2.60. The number of aryl methyl sites for hydroxylation is 1. The summed E-state index contributed by atoms with van der Waals surface area (Å²) in [5.74, 6) is 0.915. The van der Waals surface area contributed by atoms with Crippen LogP contribution in [0.15, 0.2) is 48.8 Å². The molecule has 0 saturated heterocycles. The summed E-state index contributed by atoms with van der Waals surface area (Å²) >= 11 is 0. The first-order chi connectivity index (χ1) is 15.1. The van der Waals surface area contributed by atoms with Crippen LogP contribution in [-0.4, -0.2) is 34.6 Å². The third-order valence-electron chi connectivity index (χ3n) is 5.89. The van der Waals surface area contributed by atoms with Gasteiger partial charge in [0.25, 0.3) is 0 Å². The smallest absolute Gasteiger partial charge is 0.316 e. The summed E-state index contributed by atoms with van der Waals surface area (Å²) in [6, 6.07) is 5.58. The van der Waals surface area contributed by atoms with E-state index in [1.807, 2.05) is 25.1 Å². The molecule has 2 aromatic heterocycles. The monoisotopic (exact) mass is 417 g/mol. The molecule has 0 aromatic carbocycles. The molecular formula is C23H23N5O3. The highest BCUT2D eigenvalue weighted by Gasteiger charge is 2.62. The molecule has 8 nitrogen and oxygen atoms in total. The van der Waals surface area contributed by atoms with Gasteiger partial charge in [-0.2, -0.15) is 15.2 Å². The first kappa shape index (κ1) is 20.5. The van der Waals surface area contributed by atoms with Gasteiger partial charge in [0.05, 0.1) is 31.2 Å². The van der Waals surface area contributed by atoms with Crippen molar-refractivity contribution in [2.45, 2.75) is 19.8 Å². The van der Waals surface area contributed by atoms with Crippen LogP contribution < -0.4 is 14.8 Å². The molecule has 1 N–H and O–H groups in total. The van der Waals surface area contributed by atoms with E-state index in [2.05, 4.69) is 32.4 Å². The molecule has 0 bridgehead atoms. The molecule has 31 heavy (non-hydrogen) atoms. The van der Waals surface area contributed by atoms with E-state index >= 15 is 0 Å². The number of allylic oxidation sites excluding steroid dienone is 4. The van der Waals surface area contributed by atoms with Gasteiger partial charge in [0.1, 0.15) is 11.9 Å². The molecule has 2 aliphatic carbocycles. The van der Waals surface area contributed by atoms with Crippen molar-refractivity contribution >= 4 is 11.7 Å². The lowest BCUT2D eigenvalue weighted by Crippen LogP contribution is -2.29. The predicted octanol–water partition coefficient (Wildman–Crippen LogP) is 3.22. The maximum absolute atomic E-state index is 13.0. The molecule has 1 fully saturated rings. The minimum Gasteiger partial charge on any atom is -0.489 e. The van der Waals surface area contributed by atoms with Gasteiger partial charge in [-0.05, 0) is 37.8 Å². The van der Waals surface area contributed by atoms with Crippen molar-refractivity contribution in [2.75, 3.05) is 19.0 Å². The normalized spacial score (nSPS) is 23.6. The Bertz CT molecular complexity index is 1070. The largest absolute Gasteiger partial charge is 0.489 e. The Morgan fingerprint density at radius 1 is 1.32 bits per heavy atom. The van der Waals surface area contributed by atoms with Crippen LogP contribution in [0.5, 0.6) is 11.8 Å². The third kappa shape index (κ3) is 4.26. The highest BCUT2D eigenvalue weighted by molar-refractivity contribution is 5.94. The van der Waals surface area contributed by atoms with Crippen LogP contribution in [0.1, 0.15) is 24.1 Å². The Balaban J connectivity index is 1.49. The van der Waals surface area contributed by atoms with Gasteiger partial charge in [-0.3, -0.25) is 4.79 Å². The van der Waals surface area contributed by atoms with E-state index in [0.717, 1.165) is 6.42 Å². The summed E-state index contributed by atoms with van der Waals surface area (Å²) in [5.41, 5.74) is 0.817. The predicted molar refractivity (Wildman–Crippen MR) is 113 cm³/mol. The Labute approximate surface area is 180 Å². The van der Waals surface area contributed by atoms with Crippen LogP contribution in [0, 0.1) is 35.5 Å². The van der Waals surface area contributed by atoms with Crippen LogP contribution >= 0.6 is 0 Å². The second-order valence-electron chi connectivity index (χ2n) is 7.77. The minimum absolute atomic E-state index is 0.0912. The summed E-state index contributed by atoms with van der Waals surface area (Å²) < 4.78 is 11.2. The number of rotatable bonds is 7. The molecule has 0 aliphatic heterocycles. The average Bonchev–Trinajstić information content (AvgIpc) is 3.55. The molecule has 0 spiro atoms. The van der Waals surface area contributed by atoms with Gasteiger partial charge in [-0.25, -0.2) is 4.98 Å². The maximum Gasteiger partial charge on any atom is 0.316 e. The molecular weight excluding hydrogens is 394 g/mol. The topological polar surface area (TPSA) is 110 Å². The van der Waals surface area contributed by atoms with Crippen molar-refractivity contribution in [3.8, 4) is 17.8 Å². The number of hydrogen-bond donors (Lipinski definition) is 1. The SMILES string of the molecule is COc1ncc(OC[C@@]2(C3C=CC=CC3)C[C@H]2C(=O)Nc2ccc(C#N)cn2)c(C)n1. The van der Waals surface area contributed by atoms with Gasteiger partial charge in [0, 0.05) is 17.5 Å². The number of pyridine rings is 1. The molecule has 1 amide bonds. The zero-order valence-electron chi connectivity index (χ0n) is 17.4. The van der Waals surface area contributed by atoms with Crippen LogP contribution in [0.25, 0.3) is 0 Å². The number of methoxy groups -OCH3 is 1. The fourth-order valence-corrected chi connectivity index (χ4v) is 3.99. The van der Waals surface area contributed by atoms with Gasteiger partial charge in [0.15, 0.2) is 5.75 Å². The molecule has 2 aromatic rings. The number of nitrogens with zero attached hydrogens (tertiary/aromatic N) is 4. The standard InChI is InChI=1S/C23H23N5O3/c1-15-19(13-26-22(27-15)30-2)31-14-23(17-6-4-3-5-7-17)10-18(23)21(29)28-20-9-8-16(11-24)12-25-20/h3-6,8-9,12-13,17-18H,7,10,14H2,1-2H3,(H,25,28,29)/t17?,18-,23+/m0/s1. The molecule has 158 valence electrons. The molecule has 0 radical (unpaired) electrons. The molecule has 2 aliphatic rings. The zero-order chi connectivity index (χ0) is 21.8. The number of carbonyl (C=O) groups is 1. The van der Waals surface area contributed by atoms with E-state index in [1.165, 1.54) is 13.3 Å². The molecule has 1 unspecified atom stereocenters. The Morgan fingerprint density at radius 2 is 2.19 bits per heavy atom. The first-order valence-electron chi connectivity index (χ1n) is 10.1. The molecule has 3 atom stereocenters.